The molecule has 0 aliphatic carbocycles. The number of carbonyl (C=O) groups is 1. The van der Waals surface area contributed by atoms with Crippen LogP contribution in [0.3, 0.4) is 0 Å². The highest BCUT2D eigenvalue weighted by Gasteiger charge is 2.34. The van der Waals surface area contributed by atoms with Crippen LogP contribution in [0.25, 0.3) is 0 Å². The summed E-state index contributed by atoms with van der Waals surface area (Å²) in [4.78, 5) is 12.6. The fourth-order valence-electron chi connectivity index (χ4n) is 3.74. The molecule has 3 rings (SSSR count). The highest BCUT2D eigenvalue weighted by Crippen LogP contribution is 2.32. The summed E-state index contributed by atoms with van der Waals surface area (Å²) in [6.45, 7) is 4.86. The molecule has 6 nitrogen and oxygen atoms in total. The number of rotatable bonds is 5. The van der Waals surface area contributed by atoms with Crippen molar-refractivity contribution >= 4 is 33.2 Å². The molecule has 162 valence electrons. The van der Waals surface area contributed by atoms with Gasteiger partial charge in [-0.3, -0.25) is 4.79 Å². The van der Waals surface area contributed by atoms with Crippen LogP contribution in [0.4, 0.5) is 10.1 Å². The molecule has 2 aromatic carbocycles. The van der Waals surface area contributed by atoms with E-state index in [2.05, 4.69) is 5.32 Å². The van der Waals surface area contributed by atoms with E-state index in [4.69, 9.17) is 16.3 Å². The van der Waals surface area contributed by atoms with Gasteiger partial charge in [0.15, 0.2) is 0 Å². The van der Waals surface area contributed by atoms with Crippen molar-refractivity contribution in [2.24, 2.45) is 11.8 Å². The van der Waals surface area contributed by atoms with E-state index in [1.54, 1.807) is 0 Å². The third-order valence-electron chi connectivity index (χ3n) is 5.06. The zero-order valence-electron chi connectivity index (χ0n) is 17.0. The fraction of sp³-hybridized carbons (Fsp3) is 0.381. The SMILES string of the molecule is COc1ccc(C(=O)Nc2ccc(Cl)c(F)c2)cc1S(=O)(=O)N1CC(C)CC(C)C1. The van der Waals surface area contributed by atoms with Gasteiger partial charge in [0.05, 0.1) is 12.1 Å². The van der Waals surface area contributed by atoms with E-state index in [-0.39, 0.29) is 38.8 Å². The Morgan fingerprint density at radius 3 is 2.43 bits per heavy atom. The molecule has 0 saturated carbocycles. The molecule has 0 radical (unpaired) electrons. The van der Waals surface area contributed by atoms with Gasteiger partial charge < -0.3 is 10.1 Å². The first-order chi connectivity index (χ1) is 14.1. The lowest BCUT2D eigenvalue weighted by Gasteiger charge is -2.34. The Morgan fingerprint density at radius 2 is 1.83 bits per heavy atom. The summed E-state index contributed by atoms with van der Waals surface area (Å²) >= 11 is 5.66. The minimum atomic E-state index is -3.86. The molecular formula is C21H24ClFN2O4S. The molecule has 0 aromatic heterocycles. The highest BCUT2D eigenvalue weighted by molar-refractivity contribution is 7.89. The van der Waals surface area contributed by atoms with Gasteiger partial charge in [0.2, 0.25) is 10.0 Å². The van der Waals surface area contributed by atoms with Crippen LogP contribution in [0.2, 0.25) is 5.02 Å². The van der Waals surface area contributed by atoms with Crippen LogP contribution in [0.5, 0.6) is 5.75 Å². The Morgan fingerprint density at radius 1 is 1.17 bits per heavy atom. The minimum absolute atomic E-state index is 0.0594. The van der Waals surface area contributed by atoms with Crippen LogP contribution >= 0.6 is 11.6 Å². The summed E-state index contributed by atoms with van der Waals surface area (Å²) in [5, 5.41) is 2.49. The van der Waals surface area contributed by atoms with E-state index < -0.39 is 21.7 Å². The maximum atomic E-state index is 13.6. The molecule has 1 fully saturated rings. The topological polar surface area (TPSA) is 75.7 Å². The van der Waals surface area contributed by atoms with Gasteiger partial charge in [-0.15, -0.1) is 0 Å². The Bertz CT molecular complexity index is 1050. The normalized spacial score (nSPS) is 20.0. The number of carbonyl (C=O) groups excluding carboxylic acids is 1. The molecule has 2 unspecified atom stereocenters. The minimum Gasteiger partial charge on any atom is -0.495 e. The van der Waals surface area contributed by atoms with Gasteiger partial charge in [-0.25, -0.2) is 12.8 Å². The number of benzene rings is 2. The summed E-state index contributed by atoms with van der Waals surface area (Å²) < 4.78 is 47.0. The van der Waals surface area contributed by atoms with Crippen molar-refractivity contribution in [3.63, 3.8) is 0 Å². The van der Waals surface area contributed by atoms with Gasteiger partial charge in [0, 0.05) is 24.3 Å². The second-order valence-electron chi connectivity index (χ2n) is 7.72. The van der Waals surface area contributed by atoms with Gasteiger partial charge in [-0.05, 0) is 54.7 Å². The number of hydrogen-bond donors (Lipinski definition) is 1. The van der Waals surface area contributed by atoms with E-state index in [9.17, 15) is 17.6 Å². The number of methoxy groups -OCH3 is 1. The molecule has 2 aromatic rings. The van der Waals surface area contributed by atoms with Crippen LogP contribution in [-0.4, -0.2) is 38.8 Å². The number of ether oxygens (including phenoxy) is 1. The quantitative estimate of drug-likeness (QED) is 0.726. The molecule has 1 amide bonds. The van der Waals surface area contributed by atoms with Crippen molar-refractivity contribution in [3.8, 4) is 5.75 Å². The van der Waals surface area contributed by atoms with Crippen LogP contribution in [0.1, 0.15) is 30.6 Å². The summed E-state index contributed by atoms with van der Waals surface area (Å²) in [6, 6.07) is 8.08. The molecule has 1 aliphatic heterocycles. The highest BCUT2D eigenvalue weighted by atomic mass is 35.5. The van der Waals surface area contributed by atoms with Crippen molar-refractivity contribution in [3.05, 3.63) is 52.8 Å². The van der Waals surface area contributed by atoms with Gasteiger partial charge in [-0.2, -0.15) is 4.31 Å². The summed E-state index contributed by atoms with van der Waals surface area (Å²) in [6.07, 6.45) is 0.962. The lowest BCUT2D eigenvalue weighted by molar-refractivity contribution is 0.102. The Labute approximate surface area is 181 Å². The van der Waals surface area contributed by atoms with Crippen LogP contribution in [0.15, 0.2) is 41.3 Å². The van der Waals surface area contributed by atoms with Crippen LogP contribution < -0.4 is 10.1 Å². The second kappa shape index (κ2) is 8.91. The number of sulfonamides is 1. The molecule has 1 aliphatic rings. The van der Waals surface area contributed by atoms with Crippen molar-refractivity contribution in [1.82, 2.24) is 4.31 Å². The van der Waals surface area contributed by atoms with Gasteiger partial charge in [-0.1, -0.05) is 25.4 Å². The van der Waals surface area contributed by atoms with Crippen molar-refractivity contribution in [1.29, 1.82) is 0 Å². The zero-order valence-corrected chi connectivity index (χ0v) is 18.6. The lowest BCUT2D eigenvalue weighted by Crippen LogP contribution is -2.42. The zero-order chi connectivity index (χ0) is 22.1. The molecule has 1 N–H and O–H groups in total. The van der Waals surface area contributed by atoms with Gasteiger partial charge in [0.25, 0.3) is 5.91 Å². The number of nitrogens with zero attached hydrogens (tertiary/aromatic N) is 1. The predicted molar refractivity (Wildman–Crippen MR) is 114 cm³/mol. The van der Waals surface area contributed by atoms with Gasteiger partial charge >= 0.3 is 0 Å². The number of amides is 1. The summed E-state index contributed by atoms with van der Waals surface area (Å²) in [5.74, 6) is -0.603. The molecule has 1 heterocycles. The van der Waals surface area contributed by atoms with E-state index in [1.165, 1.54) is 41.7 Å². The monoisotopic (exact) mass is 454 g/mol. The Balaban J connectivity index is 1.92. The molecule has 9 heteroatoms. The number of hydrogen-bond acceptors (Lipinski definition) is 4. The number of halogens is 2. The average Bonchev–Trinajstić information content (AvgIpc) is 2.69. The maximum absolute atomic E-state index is 13.6. The average molecular weight is 455 g/mol. The van der Waals surface area contributed by atoms with Crippen molar-refractivity contribution in [2.45, 2.75) is 25.2 Å². The molecule has 0 bridgehead atoms. The molecule has 30 heavy (non-hydrogen) atoms. The van der Waals surface area contributed by atoms with E-state index in [0.717, 1.165) is 12.5 Å². The first kappa shape index (κ1) is 22.5. The second-order valence-corrected chi connectivity index (χ2v) is 10.0. The molecule has 2 atom stereocenters. The number of nitrogens with one attached hydrogen (secondary N) is 1. The van der Waals surface area contributed by atoms with Gasteiger partial charge in [0.1, 0.15) is 16.5 Å². The largest absolute Gasteiger partial charge is 0.495 e. The maximum Gasteiger partial charge on any atom is 0.255 e. The molecule has 1 saturated heterocycles. The van der Waals surface area contributed by atoms with Crippen molar-refractivity contribution in [2.75, 3.05) is 25.5 Å². The van der Waals surface area contributed by atoms with E-state index >= 15 is 0 Å². The Kier molecular flexibility index (Phi) is 6.69. The third kappa shape index (κ3) is 4.77. The molecular weight excluding hydrogens is 431 g/mol. The Hall–Kier alpha value is -2.16. The smallest absolute Gasteiger partial charge is 0.255 e. The fourth-order valence-corrected chi connectivity index (χ4v) is 5.72. The predicted octanol–water partition coefficient (Wildman–Crippen LogP) is 4.41. The van der Waals surface area contributed by atoms with E-state index in [0.29, 0.717) is 13.1 Å². The summed E-state index contributed by atoms with van der Waals surface area (Å²) in [5.41, 5.74) is 0.323. The number of anilines is 1. The van der Waals surface area contributed by atoms with Crippen LogP contribution in [0, 0.1) is 17.7 Å². The van der Waals surface area contributed by atoms with Crippen molar-refractivity contribution < 1.29 is 22.3 Å². The molecule has 0 spiro atoms. The first-order valence-corrected chi connectivity index (χ1v) is 11.4. The first-order valence-electron chi connectivity index (χ1n) is 9.56. The summed E-state index contributed by atoms with van der Waals surface area (Å²) in [7, 11) is -2.48. The van der Waals surface area contributed by atoms with E-state index in [1.807, 2.05) is 13.8 Å². The lowest BCUT2D eigenvalue weighted by atomic mass is 9.94. The standard InChI is InChI=1S/C21H24ClFN2O4S/c1-13-8-14(2)12-25(11-13)30(27,28)20-9-15(4-7-19(20)29-3)21(26)24-16-5-6-17(22)18(23)10-16/h4-7,9-10,13-14H,8,11-12H2,1-3H3,(H,24,26). The third-order valence-corrected chi connectivity index (χ3v) is 7.22. The number of piperidine rings is 1. The van der Waals surface area contributed by atoms with Crippen LogP contribution in [-0.2, 0) is 10.0 Å².